The highest BCUT2D eigenvalue weighted by Gasteiger charge is 2.67. The van der Waals surface area contributed by atoms with Crippen molar-refractivity contribution in [1.29, 1.82) is 5.26 Å². The van der Waals surface area contributed by atoms with E-state index in [1.54, 1.807) is 29.9 Å². The standard InChI is InChI=1S/C32H35N3O4S2Si.C31H36N2O5S2Si/c1-30(2,3)42(21-13-9-7-10-14-21,22-15-11-8-12-16-22)36-17-24-26-27(39-31(4,5)38-26)32(19-33,37-24)28-25-23(18-41-28)29(40-6)35-20-34-25;1-29(2,3)41(20-13-9-7-10-14-20,21-15-11-8-12-16-21)35-17-23-25-26(38-30(4,5)37-25)31(34,36-23)27-24-22(18-40-27)28(39-6)33-19-32-24/h7-16,18,20,24,26-27H,17H2,1-6H3;7-16,18-19,23,25-26,34H,17H2,1-6H3/t24-,26-,27-,32-;23-,25-,26-,31?/m11/s1. The van der Waals surface area contributed by atoms with E-state index in [0.29, 0.717) is 20.8 Å². The Kier molecular flexibility index (Phi) is 16.5. The van der Waals surface area contributed by atoms with E-state index >= 15 is 0 Å². The summed E-state index contributed by atoms with van der Waals surface area (Å²) in [5, 5.41) is 34.9. The highest BCUT2D eigenvalue weighted by Crippen LogP contribution is 2.54. The second-order valence-corrected chi connectivity index (χ2v) is 36.2. The van der Waals surface area contributed by atoms with E-state index in [1.807, 2.05) is 75.2 Å². The molecule has 4 fully saturated rings. The molecule has 4 aromatic heterocycles. The van der Waals surface area contributed by atoms with Crippen molar-refractivity contribution in [1.82, 2.24) is 19.9 Å². The van der Waals surface area contributed by atoms with Crippen LogP contribution in [-0.4, -0.2) is 116 Å². The van der Waals surface area contributed by atoms with E-state index in [4.69, 9.17) is 37.3 Å². The molecule has 12 rings (SSSR count). The maximum Gasteiger partial charge on any atom is 0.261 e. The van der Waals surface area contributed by atoms with Crippen LogP contribution in [0.4, 0.5) is 0 Å². The van der Waals surface area contributed by atoms with Crippen LogP contribution >= 0.6 is 46.2 Å². The van der Waals surface area contributed by atoms with Crippen LogP contribution in [0.5, 0.6) is 0 Å². The summed E-state index contributed by atoms with van der Waals surface area (Å²) in [5.41, 5.74) is -0.0343. The van der Waals surface area contributed by atoms with Crippen molar-refractivity contribution in [2.24, 2.45) is 0 Å². The number of aliphatic hydroxyl groups is 1. The molecule has 0 amide bonds. The third kappa shape index (κ3) is 10.5. The lowest BCUT2D eigenvalue weighted by Gasteiger charge is -2.43. The van der Waals surface area contributed by atoms with Crippen molar-refractivity contribution in [2.75, 3.05) is 25.7 Å². The summed E-state index contributed by atoms with van der Waals surface area (Å²) in [6.07, 6.45) is 3.47. The molecule has 0 saturated carbocycles. The van der Waals surface area contributed by atoms with Crippen LogP contribution < -0.4 is 20.7 Å². The number of hydrogen-bond donors (Lipinski definition) is 1. The molecule has 434 valence electrons. The third-order valence-electron chi connectivity index (χ3n) is 16.1. The maximum absolute atomic E-state index is 12.3. The summed E-state index contributed by atoms with van der Waals surface area (Å²) >= 11 is 5.95. The first kappa shape index (κ1) is 59.9. The van der Waals surface area contributed by atoms with Gasteiger partial charge in [0.05, 0.1) is 34.0 Å². The summed E-state index contributed by atoms with van der Waals surface area (Å²) in [4.78, 5) is 19.2. The number of rotatable bonds is 14. The van der Waals surface area contributed by atoms with Crippen LogP contribution in [-0.2, 0) is 48.7 Å². The minimum atomic E-state index is -2.86. The molecule has 8 aromatic rings. The van der Waals surface area contributed by atoms with Gasteiger partial charge in [-0.15, -0.1) is 46.2 Å². The Balaban J connectivity index is 0.000000174. The Hall–Kier alpha value is -4.78. The van der Waals surface area contributed by atoms with Crippen LogP contribution in [0.15, 0.2) is 155 Å². The van der Waals surface area contributed by atoms with Gasteiger partial charge in [-0.05, 0) is 71.0 Å². The highest BCUT2D eigenvalue weighted by atomic mass is 32.2. The number of thioether (sulfide) groups is 2. The normalized spacial score (nSPS) is 25.7. The van der Waals surface area contributed by atoms with E-state index in [9.17, 15) is 10.4 Å². The van der Waals surface area contributed by atoms with Crippen molar-refractivity contribution in [2.45, 2.75) is 149 Å². The molecule has 8 atom stereocenters. The second kappa shape index (κ2) is 22.8. The van der Waals surface area contributed by atoms with E-state index in [0.717, 1.165) is 20.8 Å². The van der Waals surface area contributed by atoms with E-state index in [2.05, 4.69) is 165 Å². The minimum absolute atomic E-state index is 0.203. The number of nitriles is 1. The Morgan fingerprint density at radius 3 is 1.31 bits per heavy atom. The zero-order valence-corrected chi connectivity index (χ0v) is 54.1. The van der Waals surface area contributed by atoms with Gasteiger partial charge in [0.1, 0.15) is 65.4 Å². The van der Waals surface area contributed by atoms with Crippen molar-refractivity contribution >= 4 is 105 Å². The topological polar surface area (TPSA) is 169 Å². The average molecular weight is 1230 g/mol. The van der Waals surface area contributed by atoms with Crippen molar-refractivity contribution < 1.29 is 42.4 Å². The molecule has 4 aliphatic rings. The molecule has 0 spiro atoms. The lowest BCUT2D eigenvalue weighted by molar-refractivity contribution is -0.281. The Labute approximate surface area is 504 Å². The number of nitrogens with zero attached hydrogens (tertiary/aromatic N) is 5. The van der Waals surface area contributed by atoms with Gasteiger partial charge in [0.25, 0.3) is 16.6 Å². The molecule has 1 unspecified atom stereocenters. The number of aromatic nitrogens is 4. The first-order valence-corrected chi connectivity index (χ1v) is 35.8. The number of fused-ring (bicyclic) bond motifs is 4. The average Bonchev–Trinajstić information content (AvgIpc) is 1.94. The van der Waals surface area contributed by atoms with Gasteiger partial charge >= 0.3 is 0 Å². The molecular formula is C63H71N5O9S4Si2. The van der Waals surface area contributed by atoms with E-state index < -0.39 is 76.2 Å². The van der Waals surface area contributed by atoms with Crippen LogP contribution in [0.3, 0.4) is 0 Å². The van der Waals surface area contributed by atoms with E-state index in [-0.39, 0.29) is 23.3 Å². The molecule has 0 radical (unpaired) electrons. The number of benzene rings is 4. The molecule has 0 bridgehead atoms. The smallest absolute Gasteiger partial charge is 0.261 e. The van der Waals surface area contributed by atoms with Crippen LogP contribution in [0.25, 0.3) is 21.8 Å². The summed E-state index contributed by atoms with van der Waals surface area (Å²) in [5.74, 6) is -3.53. The number of hydrogen-bond acceptors (Lipinski definition) is 18. The van der Waals surface area contributed by atoms with Gasteiger partial charge in [-0.1, -0.05) is 163 Å². The predicted molar refractivity (Wildman–Crippen MR) is 334 cm³/mol. The van der Waals surface area contributed by atoms with Crippen molar-refractivity contribution in [3.63, 3.8) is 0 Å². The molecule has 83 heavy (non-hydrogen) atoms. The number of ether oxygens (including phenoxy) is 6. The van der Waals surface area contributed by atoms with E-state index in [1.165, 1.54) is 49.7 Å². The van der Waals surface area contributed by atoms with Gasteiger partial charge in [0, 0.05) is 21.5 Å². The fourth-order valence-corrected chi connectivity index (χ4v) is 25.2. The first-order chi connectivity index (χ1) is 39.6. The minimum Gasteiger partial charge on any atom is -0.405 e. The molecule has 4 saturated heterocycles. The maximum atomic E-state index is 12.3. The summed E-state index contributed by atoms with van der Waals surface area (Å²) in [6, 6.07) is 44.5. The predicted octanol–water partition coefficient (Wildman–Crippen LogP) is 10.7. The van der Waals surface area contributed by atoms with Gasteiger partial charge < -0.3 is 42.4 Å². The lowest BCUT2D eigenvalue weighted by Crippen LogP contribution is -2.67. The van der Waals surface area contributed by atoms with Crippen molar-refractivity contribution in [3.05, 3.63) is 154 Å². The summed E-state index contributed by atoms with van der Waals surface area (Å²) in [6.45, 7) is 21.4. The SMILES string of the molecule is CSc1ncnc2c(C3(O)O[C@H](CO[Si](c4ccccc4)(c4ccccc4)C(C)(C)C)[C@H]4OC(C)(C)O[C@H]43)scc12.CSc1ncnc2c([C@]3(C#N)O[C@H](CO[Si](c4ccccc4)(c4ccccc4)C(C)(C)C)[C@H]4OC(C)(C)O[C@H]43)scc12. The summed E-state index contributed by atoms with van der Waals surface area (Å²) < 4.78 is 53.5. The molecule has 1 N–H and O–H groups in total. The highest BCUT2D eigenvalue weighted by molar-refractivity contribution is 7.99. The van der Waals surface area contributed by atoms with Crippen LogP contribution in [0.1, 0.15) is 79.0 Å². The van der Waals surface area contributed by atoms with Gasteiger partial charge in [-0.2, -0.15) is 5.26 Å². The van der Waals surface area contributed by atoms with Gasteiger partial charge in [0.15, 0.2) is 11.6 Å². The largest absolute Gasteiger partial charge is 0.405 e. The van der Waals surface area contributed by atoms with Gasteiger partial charge in [-0.25, -0.2) is 19.9 Å². The molecule has 20 heteroatoms. The van der Waals surface area contributed by atoms with Gasteiger partial charge in [-0.3, -0.25) is 0 Å². The molecule has 4 aliphatic heterocycles. The molecule has 0 aliphatic carbocycles. The number of thiophene rings is 2. The van der Waals surface area contributed by atoms with Gasteiger partial charge in [0.2, 0.25) is 11.4 Å². The quantitative estimate of drug-likeness (QED) is 0.0619. The Morgan fingerprint density at radius 2 is 0.916 bits per heavy atom. The lowest BCUT2D eigenvalue weighted by atomic mass is 9.93. The fourth-order valence-electron chi connectivity index (χ4n) is 12.7. The Bertz CT molecular complexity index is 3540. The van der Waals surface area contributed by atoms with Crippen LogP contribution in [0, 0.1) is 11.3 Å². The molecule has 8 heterocycles. The summed E-state index contributed by atoms with van der Waals surface area (Å²) in [7, 11) is -5.70. The van der Waals surface area contributed by atoms with Crippen molar-refractivity contribution in [3.8, 4) is 6.07 Å². The molecular weight excluding hydrogens is 1160 g/mol. The van der Waals surface area contributed by atoms with Crippen LogP contribution in [0.2, 0.25) is 10.1 Å². The second-order valence-electron chi connectivity index (χ2n) is 24.3. The first-order valence-electron chi connectivity index (χ1n) is 27.8. The Morgan fingerprint density at radius 1 is 0.542 bits per heavy atom. The molecule has 14 nitrogen and oxygen atoms in total. The zero-order valence-electron chi connectivity index (χ0n) is 48.8. The monoisotopic (exact) mass is 1230 g/mol. The molecule has 4 aromatic carbocycles. The zero-order chi connectivity index (χ0) is 58.8. The fraction of sp³-hybridized carbons (Fsp3) is 0.413. The third-order valence-corrected chi connectivity index (χ3v) is 29.7.